The van der Waals surface area contributed by atoms with Crippen molar-refractivity contribution in [3.8, 4) is 0 Å². The maximum Gasteiger partial charge on any atom is 0.192 e. The van der Waals surface area contributed by atoms with Gasteiger partial charge in [0, 0.05) is 12.6 Å². The lowest BCUT2D eigenvalue weighted by Crippen LogP contribution is -2.47. The highest BCUT2D eigenvalue weighted by atomic mass is 28.4. The third-order valence-corrected chi connectivity index (χ3v) is 8.66. The van der Waals surface area contributed by atoms with Crippen LogP contribution in [-0.2, 0) is 4.43 Å². The maximum absolute atomic E-state index is 9.16. The highest BCUT2D eigenvalue weighted by molar-refractivity contribution is 6.74. The zero-order valence-corrected chi connectivity index (χ0v) is 12.3. The fourth-order valence-corrected chi connectivity index (χ4v) is 3.36. The zero-order valence-electron chi connectivity index (χ0n) is 11.3. The molecule has 16 heavy (non-hydrogen) atoms. The van der Waals surface area contributed by atoms with Gasteiger partial charge in [0.1, 0.15) is 0 Å². The average molecular weight is 245 g/mol. The van der Waals surface area contributed by atoms with E-state index in [2.05, 4.69) is 33.9 Å². The van der Waals surface area contributed by atoms with Gasteiger partial charge in [-0.1, -0.05) is 20.8 Å². The number of hydrogen-bond donors (Lipinski definition) is 2. The predicted octanol–water partition coefficient (Wildman–Crippen LogP) is 2.11. The van der Waals surface area contributed by atoms with Gasteiger partial charge in [0.15, 0.2) is 8.32 Å². The number of aliphatic hydroxyl groups excluding tert-OH is 1. The fourth-order valence-electron chi connectivity index (χ4n) is 1.98. The Morgan fingerprint density at radius 2 is 1.88 bits per heavy atom. The Labute approximate surface area is 100 Å². The maximum atomic E-state index is 9.16. The normalized spacial score (nSPS) is 32.1. The van der Waals surface area contributed by atoms with Crippen molar-refractivity contribution in [2.75, 3.05) is 6.61 Å². The van der Waals surface area contributed by atoms with Crippen LogP contribution in [0.4, 0.5) is 0 Å². The van der Waals surface area contributed by atoms with Crippen molar-refractivity contribution < 1.29 is 9.53 Å². The molecule has 96 valence electrons. The Morgan fingerprint density at radius 3 is 2.25 bits per heavy atom. The Bertz CT molecular complexity index is 238. The van der Waals surface area contributed by atoms with E-state index in [1.165, 1.54) is 0 Å². The van der Waals surface area contributed by atoms with Gasteiger partial charge in [-0.2, -0.15) is 0 Å². The summed E-state index contributed by atoms with van der Waals surface area (Å²) in [5, 5.41) is 9.39. The van der Waals surface area contributed by atoms with Crippen molar-refractivity contribution in [1.29, 1.82) is 0 Å². The van der Waals surface area contributed by atoms with E-state index in [-0.39, 0.29) is 23.8 Å². The van der Waals surface area contributed by atoms with E-state index < -0.39 is 8.32 Å². The van der Waals surface area contributed by atoms with Gasteiger partial charge in [0.2, 0.25) is 0 Å². The summed E-state index contributed by atoms with van der Waals surface area (Å²) in [5.41, 5.74) is 6.08. The molecule has 0 radical (unpaired) electrons. The van der Waals surface area contributed by atoms with E-state index in [0.717, 1.165) is 12.8 Å². The zero-order chi connectivity index (χ0) is 12.6. The van der Waals surface area contributed by atoms with Crippen LogP contribution in [0.25, 0.3) is 0 Å². The van der Waals surface area contributed by atoms with Crippen molar-refractivity contribution in [3.63, 3.8) is 0 Å². The third-order valence-electron chi connectivity index (χ3n) is 4.16. The van der Waals surface area contributed by atoms with Gasteiger partial charge in [-0.15, -0.1) is 0 Å². The first-order chi connectivity index (χ1) is 7.17. The second kappa shape index (κ2) is 4.76. The molecule has 0 aromatic heterocycles. The molecule has 0 aliphatic heterocycles. The monoisotopic (exact) mass is 245 g/mol. The standard InChI is InChI=1S/C12H27NO2Si/c1-12(2,3)16(4,5)15-11-7-9(8-14)6-10(11)13/h9-11,14H,6-8,13H2,1-5H3/t9-,10?,11-/m0/s1. The predicted molar refractivity (Wildman–Crippen MR) is 69.9 cm³/mol. The van der Waals surface area contributed by atoms with Crippen molar-refractivity contribution in [1.82, 2.24) is 0 Å². The summed E-state index contributed by atoms with van der Waals surface area (Å²) >= 11 is 0. The number of rotatable bonds is 3. The molecule has 1 unspecified atom stereocenters. The molecule has 0 amide bonds. The summed E-state index contributed by atoms with van der Waals surface area (Å²) in [6, 6.07) is 0.103. The highest BCUT2D eigenvalue weighted by Gasteiger charge is 2.42. The molecule has 0 heterocycles. The number of aliphatic hydroxyl groups is 1. The molecule has 3 nitrogen and oxygen atoms in total. The van der Waals surface area contributed by atoms with Gasteiger partial charge >= 0.3 is 0 Å². The Morgan fingerprint density at radius 1 is 1.31 bits per heavy atom. The first-order valence-electron chi connectivity index (χ1n) is 6.21. The molecule has 0 aromatic carbocycles. The van der Waals surface area contributed by atoms with Gasteiger partial charge in [-0.05, 0) is 36.9 Å². The third kappa shape index (κ3) is 3.06. The lowest BCUT2D eigenvalue weighted by molar-refractivity contribution is 0.159. The summed E-state index contributed by atoms with van der Waals surface area (Å²) in [6.45, 7) is 11.5. The topological polar surface area (TPSA) is 55.5 Å². The van der Waals surface area contributed by atoms with Crippen LogP contribution in [0.1, 0.15) is 33.6 Å². The van der Waals surface area contributed by atoms with E-state index >= 15 is 0 Å². The van der Waals surface area contributed by atoms with Crippen LogP contribution in [0.5, 0.6) is 0 Å². The van der Waals surface area contributed by atoms with Crippen LogP contribution < -0.4 is 5.73 Å². The minimum atomic E-state index is -1.72. The molecule has 1 rings (SSSR count). The van der Waals surface area contributed by atoms with Gasteiger partial charge in [-0.25, -0.2) is 0 Å². The number of hydrogen-bond acceptors (Lipinski definition) is 3. The van der Waals surface area contributed by atoms with E-state index in [4.69, 9.17) is 15.3 Å². The summed E-state index contributed by atoms with van der Waals surface area (Å²) in [7, 11) is -1.72. The van der Waals surface area contributed by atoms with Gasteiger partial charge < -0.3 is 15.3 Å². The Kier molecular flexibility index (Phi) is 4.22. The van der Waals surface area contributed by atoms with Crippen LogP contribution in [0.15, 0.2) is 0 Å². The first-order valence-corrected chi connectivity index (χ1v) is 9.12. The van der Waals surface area contributed by atoms with Gasteiger partial charge in [-0.3, -0.25) is 0 Å². The lowest BCUT2D eigenvalue weighted by Gasteiger charge is -2.39. The minimum Gasteiger partial charge on any atom is -0.412 e. The highest BCUT2D eigenvalue weighted by Crippen LogP contribution is 2.40. The van der Waals surface area contributed by atoms with Gasteiger partial charge in [0.05, 0.1) is 6.10 Å². The molecule has 4 heteroatoms. The summed E-state index contributed by atoms with van der Waals surface area (Å²) in [4.78, 5) is 0. The van der Waals surface area contributed by atoms with Crippen LogP contribution in [0.3, 0.4) is 0 Å². The van der Waals surface area contributed by atoms with E-state index in [1.807, 2.05) is 0 Å². The molecule has 1 aliphatic carbocycles. The molecule has 3 N–H and O–H groups in total. The van der Waals surface area contributed by atoms with Crippen molar-refractivity contribution in [3.05, 3.63) is 0 Å². The molecule has 0 saturated heterocycles. The Hall–Kier alpha value is 0.0969. The molecule has 1 aliphatic rings. The number of nitrogens with two attached hydrogens (primary N) is 1. The smallest absolute Gasteiger partial charge is 0.192 e. The molecule has 3 atom stereocenters. The summed E-state index contributed by atoms with van der Waals surface area (Å²) in [5.74, 6) is 0.338. The second-order valence-corrected chi connectivity index (χ2v) is 11.4. The van der Waals surface area contributed by atoms with Crippen LogP contribution in [0, 0.1) is 5.92 Å². The van der Waals surface area contributed by atoms with E-state index in [1.54, 1.807) is 0 Å². The average Bonchev–Trinajstić information content (AvgIpc) is 2.44. The quantitative estimate of drug-likeness (QED) is 0.749. The summed E-state index contributed by atoms with van der Waals surface area (Å²) in [6.07, 6.45) is 1.97. The van der Waals surface area contributed by atoms with Crippen molar-refractivity contribution in [2.24, 2.45) is 11.7 Å². The van der Waals surface area contributed by atoms with Crippen molar-refractivity contribution >= 4 is 8.32 Å². The molecular weight excluding hydrogens is 218 g/mol. The molecule has 1 fully saturated rings. The second-order valence-electron chi connectivity index (χ2n) is 6.60. The van der Waals surface area contributed by atoms with E-state index in [9.17, 15) is 0 Å². The van der Waals surface area contributed by atoms with E-state index in [0.29, 0.717) is 5.92 Å². The largest absolute Gasteiger partial charge is 0.412 e. The minimum absolute atomic E-state index is 0.103. The molecular formula is C12H27NO2Si. The van der Waals surface area contributed by atoms with Crippen LogP contribution in [0.2, 0.25) is 18.1 Å². The van der Waals surface area contributed by atoms with Crippen LogP contribution in [-0.4, -0.2) is 32.2 Å². The van der Waals surface area contributed by atoms with Crippen LogP contribution >= 0.6 is 0 Å². The molecule has 1 saturated carbocycles. The SMILES string of the molecule is CC(C)(C)[Si](C)(C)O[C@H]1C[C@@H](CO)CC1N. The molecule has 0 aromatic rings. The molecule has 0 spiro atoms. The summed E-state index contributed by atoms with van der Waals surface area (Å²) < 4.78 is 6.31. The van der Waals surface area contributed by atoms with Crippen molar-refractivity contribution in [2.45, 2.75) is 63.9 Å². The molecule has 0 bridgehead atoms. The Balaban J connectivity index is 2.61. The lowest BCUT2D eigenvalue weighted by atomic mass is 10.1. The fraction of sp³-hybridized carbons (Fsp3) is 1.00. The van der Waals surface area contributed by atoms with Gasteiger partial charge in [0.25, 0.3) is 0 Å². The first kappa shape index (κ1) is 14.2.